The van der Waals surface area contributed by atoms with Crippen LogP contribution in [0.25, 0.3) is 0 Å². The summed E-state index contributed by atoms with van der Waals surface area (Å²) < 4.78 is 16.7. The normalized spacial score (nSPS) is 12.8. The lowest BCUT2D eigenvalue weighted by molar-refractivity contribution is 0.125. The van der Waals surface area contributed by atoms with Crippen LogP contribution >= 0.6 is 0 Å². The number of benzene rings is 3. The van der Waals surface area contributed by atoms with Crippen LogP contribution in [0.15, 0.2) is 77.7 Å². The van der Waals surface area contributed by atoms with E-state index < -0.39 is 16.7 Å². The highest BCUT2D eigenvalue weighted by Gasteiger charge is 2.33. The zero-order valence-corrected chi connectivity index (χ0v) is 15.9. The lowest BCUT2D eigenvalue weighted by Crippen LogP contribution is -2.28. The summed E-state index contributed by atoms with van der Waals surface area (Å²) in [6.45, 7) is 4.03. The SMILES string of the molecule is COS(=O)c1ccc(C(O)(c2ccc(C)cc2)c2ccc(C)cc2)cc1. The molecule has 0 spiro atoms. The second-order valence-electron chi connectivity index (χ2n) is 6.37. The predicted molar refractivity (Wildman–Crippen MR) is 104 cm³/mol. The maximum atomic E-state index is 11.8. The van der Waals surface area contributed by atoms with Gasteiger partial charge >= 0.3 is 0 Å². The third kappa shape index (κ3) is 3.49. The zero-order valence-electron chi connectivity index (χ0n) is 15.1. The largest absolute Gasteiger partial charge is 0.376 e. The van der Waals surface area contributed by atoms with Gasteiger partial charge in [-0.25, -0.2) is 4.21 Å². The Hall–Kier alpha value is -2.27. The van der Waals surface area contributed by atoms with Crippen molar-refractivity contribution >= 4 is 11.1 Å². The number of hydrogen-bond acceptors (Lipinski definition) is 3. The van der Waals surface area contributed by atoms with E-state index in [1.807, 2.05) is 62.4 Å². The van der Waals surface area contributed by atoms with Crippen LogP contribution in [0.5, 0.6) is 0 Å². The van der Waals surface area contributed by atoms with Gasteiger partial charge in [0.15, 0.2) is 11.1 Å². The molecule has 0 fully saturated rings. The molecule has 26 heavy (non-hydrogen) atoms. The number of aliphatic hydroxyl groups is 1. The van der Waals surface area contributed by atoms with Crippen LogP contribution in [-0.4, -0.2) is 16.4 Å². The van der Waals surface area contributed by atoms with Gasteiger partial charge in [0.25, 0.3) is 0 Å². The van der Waals surface area contributed by atoms with Crippen molar-refractivity contribution in [3.8, 4) is 0 Å². The van der Waals surface area contributed by atoms with Crippen LogP contribution < -0.4 is 0 Å². The minimum atomic E-state index is -1.50. The van der Waals surface area contributed by atoms with Crippen molar-refractivity contribution in [2.45, 2.75) is 24.3 Å². The van der Waals surface area contributed by atoms with Gasteiger partial charge in [-0.3, -0.25) is 4.18 Å². The Morgan fingerprint density at radius 1 is 0.731 bits per heavy atom. The summed E-state index contributed by atoms with van der Waals surface area (Å²) in [5, 5.41) is 11.8. The van der Waals surface area contributed by atoms with E-state index in [0.29, 0.717) is 10.5 Å². The Labute approximate surface area is 156 Å². The van der Waals surface area contributed by atoms with Crippen molar-refractivity contribution in [2.75, 3.05) is 7.11 Å². The molecule has 0 heterocycles. The minimum Gasteiger partial charge on any atom is -0.376 e. The Balaban J connectivity index is 2.15. The quantitative estimate of drug-likeness (QED) is 0.687. The van der Waals surface area contributed by atoms with Crippen molar-refractivity contribution in [3.05, 3.63) is 101 Å². The fourth-order valence-corrected chi connectivity index (χ4v) is 3.54. The molecule has 134 valence electrons. The van der Waals surface area contributed by atoms with Crippen LogP contribution in [0.1, 0.15) is 27.8 Å². The minimum absolute atomic E-state index is 0.561. The second kappa shape index (κ2) is 7.54. The lowest BCUT2D eigenvalue weighted by atomic mass is 9.80. The maximum Gasteiger partial charge on any atom is 0.188 e. The molecule has 3 aromatic rings. The molecule has 3 aromatic carbocycles. The maximum absolute atomic E-state index is 11.8. The van der Waals surface area contributed by atoms with Gasteiger partial charge in [0.1, 0.15) is 5.60 Å². The van der Waals surface area contributed by atoms with Gasteiger partial charge in [0.2, 0.25) is 0 Å². The average molecular weight is 366 g/mol. The fourth-order valence-electron chi connectivity index (χ4n) is 2.99. The summed E-state index contributed by atoms with van der Waals surface area (Å²) in [5.74, 6) is 0. The van der Waals surface area contributed by atoms with E-state index in [2.05, 4.69) is 0 Å². The smallest absolute Gasteiger partial charge is 0.188 e. The molecule has 1 N–H and O–H groups in total. The van der Waals surface area contributed by atoms with E-state index in [1.54, 1.807) is 24.3 Å². The highest BCUT2D eigenvalue weighted by atomic mass is 32.2. The predicted octanol–water partition coefficient (Wildman–Crippen LogP) is 4.26. The van der Waals surface area contributed by atoms with Gasteiger partial charge in [-0.2, -0.15) is 0 Å². The van der Waals surface area contributed by atoms with Gasteiger partial charge in [0.05, 0.1) is 12.0 Å². The molecule has 0 bridgehead atoms. The average Bonchev–Trinajstić information content (AvgIpc) is 2.68. The third-order valence-electron chi connectivity index (χ3n) is 4.55. The van der Waals surface area contributed by atoms with E-state index in [9.17, 15) is 9.32 Å². The van der Waals surface area contributed by atoms with E-state index in [4.69, 9.17) is 4.18 Å². The van der Waals surface area contributed by atoms with Crippen molar-refractivity contribution in [3.63, 3.8) is 0 Å². The van der Waals surface area contributed by atoms with Crippen molar-refractivity contribution in [1.29, 1.82) is 0 Å². The Morgan fingerprint density at radius 3 is 1.42 bits per heavy atom. The van der Waals surface area contributed by atoms with Crippen LogP contribution in [0.2, 0.25) is 0 Å². The molecule has 1 atom stereocenters. The third-order valence-corrected chi connectivity index (χ3v) is 5.51. The van der Waals surface area contributed by atoms with Gasteiger partial charge in [-0.05, 0) is 42.7 Å². The monoisotopic (exact) mass is 366 g/mol. The first-order valence-electron chi connectivity index (χ1n) is 8.38. The lowest BCUT2D eigenvalue weighted by Gasteiger charge is -2.30. The molecule has 0 saturated carbocycles. The van der Waals surface area contributed by atoms with Gasteiger partial charge < -0.3 is 5.11 Å². The van der Waals surface area contributed by atoms with E-state index in [1.165, 1.54) is 7.11 Å². The molecule has 3 rings (SSSR count). The molecule has 1 unspecified atom stereocenters. The molecule has 0 aromatic heterocycles. The number of hydrogen-bond donors (Lipinski definition) is 1. The molecule has 0 saturated heterocycles. The number of rotatable bonds is 5. The summed E-state index contributed by atoms with van der Waals surface area (Å²) in [5.41, 5.74) is 3.24. The molecule has 3 nitrogen and oxygen atoms in total. The highest BCUT2D eigenvalue weighted by Crippen LogP contribution is 2.37. The first kappa shape index (κ1) is 18.5. The van der Waals surface area contributed by atoms with Crippen molar-refractivity contribution < 1.29 is 13.5 Å². The van der Waals surface area contributed by atoms with Crippen LogP contribution in [-0.2, 0) is 20.9 Å². The van der Waals surface area contributed by atoms with Crippen LogP contribution in [0.3, 0.4) is 0 Å². The molecule has 0 aliphatic carbocycles. The molecule has 0 amide bonds. The topological polar surface area (TPSA) is 46.5 Å². The summed E-state index contributed by atoms with van der Waals surface area (Å²) in [6.07, 6.45) is 0. The van der Waals surface area contributed by atoms with Gasteiger partial charge in [-0.1, -0.05) is 71.8 Å². The Kier molecular flexibility index (Phi) is 5.37. The fraction of sp³-hybridized carbons (Fsp3) is 0.182. The molecule has 0 aliphatic heterocycles. The van der Waals surface area contributed by atoms with E-state index >= 15 is 0 Å². The van der Waals surface area contributed by atoms with Crippen molar-refractivity contribution in [1.82, 2.24) is 0 Å². The van der Waals surface area contributed by atoms with Crippen LogP contribution in [0.4, 0.5) is 0 Å². The second-order valence-corrected chi connectivity index (χ2v) is 7.64. The zero-order chi connectivity index (χ0) is 18.7. The summed E-state index contributed by atoms with van der Waals surface area (Å²) in [4.78, 5) is 0.561. The van der Waals surface area contributed by atoms with E-state index in [0.717, 1.165) is 22.3 Å². The summed E-state index contributed by atoms with van der Waals surface area (Å²) in [7, 11) is 1.40. The van der Waals surface area contributed by atoms with Crippen LogP contribution in [0, 0.1) is 13.8 Å². The molecule has 0 aliphatic rings. The first-order chi connectivity index (χ1) is 12.4. The number of aryl methyl sites for hydroxylation is 2. The van der Waals surface area contributed by atoms with E-state index in [-0.39, 0.29) is 0 Å². The molecule has 0 radical (unpaired) electrons. The molecular formula is C22H22O3S. The van der Waals surface area contributed by atoms with Crippen molar-refractivity contribution in [2.24, 2.45) is 0 Å². The standard InChI is InChI=1S/C22H22O3S/c1-16-4-8-18(9-5-16)22(23,19-10-6-17(2)7-11-19)20-12-14-21(15-13-20)26(24)25-3/h4-15,23H,1-3H3. The Bertz CT molecular complexity index is 852. The highest BCUT2D eigenvalue weighted by molar-refractivity contribution is 7.80. The summed E-state index contributed by atoms with van der Waals surface area (Å²) in [6, 6.07) is 22.8. The molecular weight excluding hydrogens is 344 g/mol. The van der Waals surface area contributed by atoms with Gasteiger partial charge in [-0.15, -0.1) is 0 Å². The Morgan fingerprint density at radius 2 is 1.08 bits per heavy atom. The van der Waals surface area contributed by atoms with Gasteiger partial charge in [0, 0.05) is 0 Å². The molecule has 4 heteroatoms. The summed E-state index contributed by atoms with van der Waals surface area (Å²) >= 11 is -1.50. The first-order valence-corrected chi connectivity index (χ1v) is 9.46.